The van der Waals surface area contributed by atoms with Crippen LogP contribution in [0.5, 0.6) is 0 Å². The molecule has 0 bridgehead atoms. The van der Waals surface area contributed by atoms with Crippen molar-refractivity contribution in [2.24, 2.45) is 5.92 Å². The van der Waals surface area contributed by atoms with Crippen LogP contribution >= 0.6 is 22.6 Å². The lowest BCUT2D eigenvalue weighted by Gasteiger charge is -2.19. The smallest absolute Gasteiger partial charge is 0.337 e. The zero-order valence-corrected chi connectivity index (χ0v) is 11.7. The van der Waals surface area contributed by atoms with Crippen molar-refractivity contribution in [3.63, 3.8) is 0 Å². The third kappa shape index (κ3) is 2.65. The quantitative estimate of drug-likeness (QED) is 0.455. The van der Waals surface area contributed by atoms with Crippen molar-refractivity contribution >= 4 is 28.6 Å². The fourth-order valence-electron chi connectivity index (χ4n) is 1.88. The summed E-state index contributed by atoms with van der Waals surface area (Å²) in [6.45, 7) is 8.16. The van der Waals surface area contributed by atoms with E-state index in [0.29, 0.717) is 16.1 Å². The van der Waals surface area contributed by atoms with E-state index >= 15 is 0 Å². The van der Waals surface area contributed by atoms with Gasteiger partial charge in [-0.25, -0.2) is 4.79 Å². The van der Waals surface area contributed by atoms with Gasteiger partial charge in [-0.15, -0.1) is 0 Å². The number of halogens is 1. The Kier molecular flexibility index (Phi) is 4.43. The van der Waals surface area contributed by atoms with Gasteiger partial charge in [-0.1, -0.05) is 29.5 Å². The first-order valence-electron chi connectivity index (χ1n) is 5.17. The molecule has 0 saturated carbocycles. The maximum atomic E-state index is 11.7. The van der Waals surface area contributed by atoms with Crippen LogP contribution in [0, 0.1) is 5.92 Å². The second-order valence-corrected chi connectivity index (χ2v) is 5.70. The molecule has 3 atom stereocenters. The van der Waals surface area contributed by atoms with Crippen LogP contribution in [0.3, 0.4) is 0 Å². The highest BCUT2D eigenvalue weighted by atomic mass is 127. The highest BCUT2D eigenvalue weighted by molar-refractivity contribution is 14.1. The van der Waals surface area contributed by atoms with Gasteiger partial charge in [-0.3, -0.25) is 0 Å². The minimum atomic E-state index is -0.234. The standard InChI is InChI=1S/C11H17IO3/c1-5-14-11(13)9-6(2)10(7(3)12)15-8(9)4/h6-7,10H,5H2,1-4H3/t6-,7-,10+/m1/s1. The Labute approximate surface area is 104 Å². The summed E-state index contributed by atoms with van der Waals surface area (Å²) < 4.78 is 11.1. The maximum Gasteiger partial charge on any atom is 0.337 e. The van der Waals surface area contributed by atoms with Crippen molar-refractivity contribution in [2.45, 2.75) is 37.7 Å². The number of alkyl halides is 1. The number of hydrogen-bond donors (Lipinski definition) is 0. The predicted octanol–water partition coefficient (Wildman–Crippen LogP) is 2.68. The van der Waals surface area contributed by atoms with Crippen LogP contribution in [0.1, 0.15) is 27.7 Å². The maximum absolute atomic E-state index is 11.7. The molecule has 1 rings (SSSR count). The van der Waals surface area contributed by atoms with E-state index < -0.39 is 0 Å². The van der Waals surface area contributed by atoms with E-state index in [0.717, 1.165) is 5.76 Å². The Balaban J connectivity index is 2.81. The van der Waals surface area contributed by atoms with E-state index in [1.54, 1.807) is 0 Å². The van der Waals surface area contributed by atoms with Gasteiger partial charge >= 0.3 is 5.97 Å². The minimum absolute atomic E-state index is 0.0880. The Morgan fingerprint density at radius 3 is 2.67 bits per heavy atom. The van der Waals surface area contributed by atoms with Gasteiger partial charge < -0.3 is 9.47 Å². The Morgan fingerprint density at radius 1 is 1.67 bits per heavy atom. The number of carbonyl (C=O) groups is 1. The summed E-state index contributed by atoms with van der Waals surface area (Å²) in [5, 5.41) is 0. The molecule has 0 spiro atoms. The van der Waals surface area contributed by atoms with Crippen molar-refractivity contribution in [1.82, 2.24) is 0 Å². The monoisotopic (exact) mass is 324 g/mol. The zero-order valence-electron chi connectivity index (χ0n) is 9.54. The van der Waals surface area contributed by atoms with Gasteiger partial charge in [0, 0.05) is 9.84 Å². The van der Waals surface area contributed by atoms with Gasteiger partial charge in [0.15, 0.2) is 0 Å². The van der Waals surface area contributed by atoms with E-state index in [1.165, 1.54) is 0 Å². The second-order valence-electron chi connectivity index (χ2n) is 3.74. The summed E-state index contributed by atoms with van der Waals surface area (Å²) >= 11 is 2.32. The minimum Gasteiger partial charge on any atom is -0.493 e. The van der Waals surface area contributed by atoms with Gasteiger partial charge in [0.25, 0.3) is 0 Å². The predicted molar refractivity (Wildman–Crippen MR) is 66.9 cm³/mol. The van der Waals surface area contributed by atoms with Gasteiger partial charge in [0.2, 0.25) is 0 Å². The number of carbonyl (C=O) groups excluding carboxylic acids is 1. The number of hydrogen-bond acceptors (Lipinski definition) is 3. The highest BCUT2D eigenvalue weighted by Gasteiger charge is 2.38. The average Bonchev–Trinajstić information content (AvgIpc) is 2.42. The van der Waals surface area contributed by atoms with Crippen LogP contribution in [-0.4, -0.2) is 22.6 Å². The van der Waals surface area contributed by atoms with Crippen LogP contribution in [0.2, 0.25) is 0 Å². The lowest BCUT2D eigenvalue weighted by atomic mass is 9.95. The van der Waals surface area contributed by atoms with Crippen molar-refractivity contribution in [2.75, 3.05) is 6.61 Å². The largest absolute Gasteiger partial charge is 0.493 e. The summed E-state index contributed by atoms with van der Waals surface area (Å²) in [5.74, 6) is 0.604. The fraction of sp³-hybridized carbons (Fsp3) is 0.727. The molecule has 0 amide bonds. The molecule has 0 aromatic rings. The van der Waals surface area contributed by atoms with Gasteiger partial charge in [-0.2, -0.15) is 0 Å². The molecular weight excluding hydrogens is 307 g/mol. The first-order valence-corrected chi connectivity index (χ1v) is 6.42. The Hall–Kier alpha value is -0.260. The molecule has 0 fully saturated rings. The zero-order chi connectivity index (χ0) is 11.6. The third-order valence-corrected chi connectivity index (χ3v) is 3.30. The van der Waals surface area contributed by atoms with E-state index in [1.807, 2.05) is 20.8 Å². The molecule has 1 aliphatic rings. The number of allylic oxidation sites excluding steroid dienone is 1. The Morgan fingerprint density at radius 2 is 2.27 bits per heavy atom. The molecular formula is C11H17IO3. The summed E-state index contributed by atoms with van der Waals surface area (Å²) in [7, 11) is 0. The SMILES string of the molecule is CCOC(=O)C1=C(C)O[C@H]([C@@H](C)I)[C@@H]1C. The van der Waals surface area contributed by atoms with Gasteiger partial charge in [0.1, 0.15) is 11.9 Å². The summed E-state index contributed by atoms with van der Waals surface area (Å²) in [6.07, 6.45) is 0.0880. The van der Waals surface area contributed by atoms with Crippen LogP contribution in [0.4, 0.5) is 0 Å². The average molecular weight is 324 g/mol. The van der Waals surface area contributed by atoms with Gasteiger partial charge in [-0.05, 0) is 20.8 Å². The third-order valence-electron chi connectivity index (χ3n) is 2.59. The van der Waals surface area contributed by atoms with E-state index in [2.05, 4.69) is 29.5 Å². The molecule has 0 aliphatic carbocycles. The summed E-state index contributed by atoms with van der Waals surface area (Å²) in [4.78, 5) is 11.7. The lowest BCUT2D eigenvalue weighted by Crippen LogP contribution is -2.26. The first kappa shape index (κ1) is 12.8. The van der Waals surface area contributed by atoms with E-state index in [4.69, 9.17) is 9.47 Å². The fourth-order valence-corrected chi connectivity index (χ4v) is 2.65. The van der Waals surface area contributed by atoms with Crippen LogP contribution in [0.25, 0.3) is 0 Å². The van der Waals surface area contributed by atoms with Crippen molar-refractivity contribution < 1.29 is 14.3 Å². The molecule has 15 heavy (non-hydrogen) atoms. The summed E-state index contributed by atoms with van der Waals surface area (Å²) in [5.41, 5.74) is 0.699. The molecule has 3 nitrogen and oxygen atoms in total. The van der Waals surface area contributed by atoms with Crippen LogP contribution in [0.15, 0.2) is 11.3 Å². The molecule has 0 aromatic carbocycles. The topological polar surface area (TPSA) is 35.5 Å². The van der Waals surface area contributed by atoms with Crippen LogP contribution < -0.4 is 0 Å². The lowest BCUT2D eigenvalue weighted by molar-refractivity contribution is -0.139. The molecule has 0 aromatic heterocycles. The number of ether oxygens (including phenoxy) is 2. The van der Waals surface area contributed by atoms with Gasteiger partial charge in [0.05, 0.1) is 12.2 Å². The highest BCUT2D eigenvalue weighted by Crippen LogP contribution is 2.35. The van der Waals surface area contributed by atoms with Crippen LogP contribution in [-0.2, 0) is 14.3 Å². The van der Waals surface area contributed by atoms with E-state index in [9.17, 15) is 4.79 Å². The molecule has 1 heterocycles. The van der Waals surface area contributed by atoms with Crippen molar-refractivity contribution in [3.8, 4) is 0 Å². The number of esters is 1. The molecule has 4 heteroatoms. The van der Waals surface area contributed by atoms with E-state index in [-0.39, 0.29) is 18.0 Å². The molecule has 0 saturated heterocycles. The first-order chi connectivity index (χ1) is 6.99. The van der Waals surface area contributed by atoms with Crippen molar-refractivity contribution in [1.29, 1.82) is 0 Å². The second kappa shape index (κ2) is 5.18. The van der Waals surface area contributed by atoms with Crippen molar-refractivity contribution in [3.05, 3.63) is 11.3 Å². The number of rotatable bonds is 3. The molecule has 0 radical (unpaired) electrons. The molecule has 0 N–H and O–H groups in total. The normalized spacial score (nSPS) is 27.5. The Bertz CT molecular complexity index is 284. The molecule has 0 unspecified atom stereocenters. The molecule has 86 valence electrons. The summed E-state index contributed by atoms with van der Waals surface area (Å²) in [6, 6.07) is 0. The molecule has 1 aliphatic heterocycles.